The Kier molecular flexibility index (Phi) is 4.34. The summed E-state index contributed by atoms with van der Waals surface area (Å²) in [5.41, 5.74) is 7.27. The quantitative estimate of drug-likeness (QED) is 0.910. The van der Waals surface area contributed by atoms with Crippen molar-refractivity contribution in [3.05, 3.63) is 46.7 Å². The summed E-state index contributed by atoms with van der Waals surface area (Å²) in [6.45, 7) is 5.96. The summed E-state index contributed by atoms with van der Waals surface area (Å²) >= 11 is 5.99. The summed E-state index contributed by atoms with van der Waals surface area (Å²) in [6.07, 6.45) is 1.55. The van der Waals surface area contributed by atoms with Crippen LogP contribution in [-0.4, -0.2) is 27.8 Å². The molecule has 0 aliphatic heterocycles. The van der Waals surface area contributed by atoms with Crippen molar-refractivity contribution in [1.82, 2.24) is 15.1 Å². The average molecular weight is 307 g/mol. The third-order valence-electron chi connectivity index (χ3n) is 3.27. The van der Waals surface area contributed by atoms with Crippen LogP contribution in [0.2, 0.25) is 5.02 Å². The van der Waals surface area contributed by atoms with Crippen LogP contribution in [0.1, 0.15) is 29.9 Å². The van der Waals surface area contributed by atoms with E-state index in [0.717, 1.165) is 11.4 Å². The molecule has 0 radical (unpaired) electrons. The molecule has 5 nitrogen and oxygen atoms in total. The number of nitrogens with zero attached hydrogens (tertiary/aromatic N) is 2. The Labute approximate surface area is 129 Å². The van der Waals surface area contributed by atoms with Crippen molar-refractivity contribution in [2.45, 2.75) is 26.3 Å². The Morgan fingerprint density at radius 2 is 2.19 bits per heavy atom. The molecule has 21 heavy (non-hydrogen) atoms. The molecule has 0 spiro atoms. The number of rotatable bonds is 4. The SMILES string of the molecule is Cc1c(C(=O)NC(C)(C)CN)cnn1-c1cccc(Cl)c1. The van der Waals surface area contributed by atoms with E-state index in [1.165, 1.54) is 0 Å². The van der Waals surface area contributed by atoms with E-state index >= 15 is 0 Å². The van der Waals surface area contributed by atoms with Crippen molar-refractivity contribution in [3.63, 3.8) is 0 Å². The summed E-state index contributed by atoms with van der Waals surface area (Å²) in [4.78, 5) is 12.3. The monoisotopic (exact) mass is 306 g/mol. The lowest BCUT2D eigenvalue weighted by Crippen LogP contribution is -2.48. The zero-order chi connectivity index (χ0) is 15.6. The number of aromatic nitrogens is 2. The highest BCUT2D eigenvalue weighted by molar-refractivity contribution is 6.30. The van der Waals surface area contributed by atoms with Crippen molar-refractivity contribution >= 4 is 17.5 Å². The molecule has 3 N–H and O–H groups in total. The highest BCUT2D eigenvalue weighted by Gasteiger charge is 2.22. The minimum Gasteiger partial charge on any atom is -0.346 e. The number of carbonyl (C=O) groups is 1. The minimum absolute atomic E-state index is 0.184. The summed E-state index contributed by atoms with van der Waals surface area (Å²) in [6, 6.07) is 7.32. The van der Waals surface area contributed by atoms with Gasteiger partial charge >= 0.3 is 0 Å². The molecule has 0 saturated heterocycles. The van der Waals surface area contributed by atoms with Gasteiger partial charge in [0, 0.05) is 17.1 Å². The topological polar surface area (TPSA) is 72.9 Å². The van der Waals surface area contributed by atoms with Gasteiger partial charge in [-0.2, -0.15) is 5.10 Å². The minimum atomic E-state index is -0.457. The molecule has 0 fully saturated rings. The van der Waals surface area contributed by atoms with Crippen LogP contribution in [0.25, 0.3) is 5.69 Å². The smallest absolute Gasteiger partial charge is 0.255 e. The predicted molar refractivity (Wildman–Crippen MR) is 83.9 cm³/mol. The number of hydrogen-bond acceptors (Lipinski definition) is 3. The molecule has 1 amide bonds. The van der Waals surface area contributed by atoms with Crippen LogP contribution in [0.4, 0.5) is 0 Å². The molecule has 0 aliphatic rings. The standard InChI is InChI=1S/C15H19ClN4O/c1-10-13(14(21)19-15(2,3)9-17)8-18-20(10)12-6-4-5-11(16)7-12/h4-8H,9,17H2,1-3H3,(H,19,21). The highest BCUT2D eigenvalue weighted by atomic mass is 35.5. The van der Waals surface area contributed by atoms with E-state index < -0.39 is 5.54 Å². The number of nitrogens with two attached hydrogens (primary N) is 1. The molecule has 0 saturated carbocycles. The predicted octanol–water partition coefficient (Wildman–Crippen LogP) is 2.30. The van der Waals surface area contributed by atoms with Crippen molar-refractivity contribution in [1.29, 1.82) is 0 Å². The lowest BCUT2D eigenvalue weighted by molar-refractivity contribution is 0.0915. The molecule has 6 heteroatoms. The van der Waals surface area contributed by atoms with Gasteiger partial charge in [0.05, 0.1) is 23.1 Å². The Balaban J connectivity index is 2.31. The van der Waals surface area contributed by atoms with Crippen LogP contribution >= 0.6 is 11.6 Å². The molecule has 0 unspecified atom stereocenters. The van der Waals surface area contributed by atoms with Gasteiger partial charge in [0.15, 0.2) is 0 Å². The van der Waals surface area contributed by atoms with Crippen molar-refractivity contribution in [2.75, 3.05) is 6.54 Å². The molecule has 0 aliphatic carbocycles. The summed E-state index contributed by atoms with van der Waals surface area (Å²) < 4.78 is 1.69. The Bertz CT molecular complexity index is 663. The van der Waals surface area contributed by atoms with Crippen LogP contribution in [-0.2, 0) is 0 Å². The number of hydrogen-bond donors (Lipinski definition) is 2. The van der Waals surface area contributed by atoms with Gasteiger partial charge in [-0.3, -0.25) is 4.79 Å². The van der Waals surface area contributed by atoms with Crippen molar-refractivity contribution in [3.8, 4) is 5.69 Å². The maximum atomic E-state index is 12.3. The molecular formula is C15H19ClN4O. The zero-order valence-electron chi connectivity index (χ0n) is 12.4. The second-order valence-electron chi connectivity index (χ2n) is 5.58. The fourth-order valence-corrected chi connectivity index (χ4v) is 2.11. The zero-order valence-corrected chi connectivity index (χ0v) is 13.1. The summed E-state index contributed by atoms with van der Waals surface area (Å²) in [7, 11) is 0. The number of carbonyl (C=O) groups excluding carboxylic acids is 1. The van der Waals surface area contributed by atoms with Gasteiger partial charge in [-0.1, -0.05) is 17.7 Å². The van der Waals surface area contributed by atoms with E-state index in [9.17, 15) is 4.79 Å². The van der Waals surface area contributed by atoms with Gasteiger partial charge in [0.1, 0.15) is 0 Å². The van der Waals surface area contributed by atoms with E-state index in [1.54, 1.807) is 23.0 Å². The van der Waals surface area contributed by atoms with E-state index in [1.807, 2.05) is 32.9 Å². The van der Waals surface area contributed by atoms with Crippen LogP contribution in [0.5, 0.6) is 0 Å². The van der Waals surface area contributed by atoms with Crippen LogP contribution in [0.3, 0.4) is 0 Å². The van der Waals surface area contributed by atoms with E-state index in [2.05, 4.69) is 10.4 Å². The van der Waals surface area contributed by atoms with Crippen LogP contribution in [0.15, 0.2) is 30.5 Å². The summed E-state index contributed by atoms with van der Waals surface area (Å²) in [5, 5.41) is 7.79. The first-order chi connectivity index (χ1) is 9.84. The first kappa shape index (κ1) is 15.5. The second-order valence-corrected chi connectivity index (χ2v) is 6.01. The van der Waals surface area contributed by atoms with Gasteiger partial charge in [0.25, 0.3) is 5.91 Å². The van der Waals surface area contributed by atoms with Gasteiger partial charge in [-0.05, 0) is 39.0 Å². The second kappa shape index (κ2) is 5.87. The highest BCUT2D eigenvalue weighted by Crippen LogP contribution is 2.18. The Hall–Kier alpha value is -1.85. The normalized spacial score (nSPS) is 11.5. The molecule has 2 aromatic rings. The molecule has 1 aromatic heterocycles. The maximum Gasteiger partial charge on any atom is 0.255 e. The Morgan fingerprint density at radius 1 is 1.48 bits per heavy atom. The molecular weight excluding hydrogens is 288 g/mol. The maximum absolute atomic E-state index is 12.3. The van der Waals surface area contributed by atoms with Crippen LogP contribution < -0.4 is 11.1 Å². The average Bonchev–Trinajstić information content (AvgIpc) is 2.80. The van der Waals surface area contributed by atoms with Gasteiger partial charge < -0.3 is 11.1 Å². The van der Waals surface area contributed by atoms with Gasteiger partial charge in [-0.15, -0.1) is 0 Å². The van der Waals surface area contributed by atoms with E-state index in [-0.39, 0.29) is 5.91 Å². The molecule has 0 atom stereocenters. The third-order valence-corrected chi connectivity index (χ3v) is 3.50. The van der Waals surface area contributed by atoms with Crippen LogP contribution in [0, 0.1) is 6.92 Å². The molecule has 0 bridgehead atoms. The van der Waals surface area contributed by atoms with E-state index in [0.29, 0.717) is 17.1 Å². The lowest BCUT2D eigenvalue weighted by Gasteiger charge is -2.24. The fourth-order valence-electron chi connectivity index (χ4n) is 1.93. The Morgan fingerprint density at radius 3 is 2.81 bits per heavy atom. The first-order valence-electron chi connectivity index (χ1n) is 6.67. The van der Waals surface area contributed by atoms with Gasteiger partial charge in [0.2, 0.25) is 0 Å². The van der Waals surface area contributed by atoms with Crippen molar-refractivity contribution in [2.24, 2.45) is 5.73 Å². The number of halogens is 1. The first-order valence-corrected chi connectivity index (χ1v) is 7.05. The van der Waals surface area contributed by atoms with Gasteiger partial charge in [-0.25, -0.2) is 4.68 Å². The number of amides is 1. The molecule has 2 rings (SSSR count). The fraction of sp³-hybridized carbons (Fsp3) is 0.333. The molecule has 1 aromatic carbocycles. The lowest BCUT2D eigenvalue weighted by atomic mass is 10.1. The number of nitrogens with one attached hydrogen (secondary N) is 1. The largest absolute Gasteiger partial charge is 0.346 e. The summed E-state index contributed by atoms with van der Waals surface area (Å²) in [5.74, 6) is -0.184. The third kappa shape index (κ3) is 3.43. The molecule has 1 heterocycles. The van der Waals surface area contributed by atoms with Crippen molar-refractivity contribution < 1.29 is 4.79 Å². The molecule has 112 valence electrons. The van der Waals surface area contributed by atoms with E-state index in [4.69, 9.17) is 17.3 Å². The number of benzene rings is 1.